The molecule has 1 fully saturated rings. The molecule has 11 heteroatoms. The Labute approximate surface area is 243 Å². The molecule has 4 aromatic rings. The third kappa shape index (κ3) is 4.23. The summed E-state index contributed by atoms with van der Waals surface area (Å²) in [5, 5.41) is 19.9. The van der Waals surface area contributed by atoms with Crippen molar-refractivity contribution in [3.63, 3.8) is 0 Å². The summed E-state index contributed by atoms with van der Waals surface area (Å²) in [6.07, 6.45) is 9.68. The van der Waals surface area contributed by atoms with Crippen LogP contribution in [0.4, 0.5) is 5.00 Å². The van der Waals surface area contributed by atoms with Crippen molar-refractivity contribution in [3.8, 4) is 34.9 Å². The zero-order valence-corrected chi connectivity index (χ0v) is 24.5. The Bertz CT molecular complexity index is 1660. The predicted octanol–water partition coefficient (Wildman–Crippen LogP) is 4.87. The summed E-state index contributed by atoms with van der Waals surface area (Å²) >= 11 is 1.55. The minimum absolute atomic E-state index is 0.0390. The van der Waals surface area contributed by atoms with Crippen LogP contribution in [0, 0.1) is 11.3 Å². The van der Waals surface area contributed by atoms with Crippen molar-refractivity contribution in [2.45, 2.75) is 75.9 Å². The number of aromatic nitrogens is 5. The number of rotatable bonds is 5. The minimum Gasteiger partial charge on any atom is -0.473 e. The van der Waals surface area contributed by atoms with Gasteiger partial charge >= 0.3 is 0 Å². The SMILES string of the molecule is C[C@H](Oc1cc(-c2ccn(C)n2)nc(-c2onc3c2CCC[C@@]32CCCc3sc(N)c(C#N)c32)n1)[C@@H]1CCCN1C. The predicted molar refractivity (Wildman–Crippen MR) is 156 cm³/mol. The van der Waals surface area contributed by atoms with Gasteiger partial charge in [0.15, 0.2) is 0 Å². The number of likely N-dealkylation sites (tertiary alicyclic amines) is 1. The molecule has 2 aliphatic carbocycles. The highest BCUT2D eigenvalue weighted by Gasteiger charge is 2.48. The third-order valence-electron chi connectivity index (χ3n) is 9.19. The standard InChI is InChI=1S/C30H34N8O2S/c1-17(22-8-6-13-37(22)2)39-24-15-21(20-10-14-38(3)35-20)33-29(34-24)26-18-7-4-11-30(27(18)36-40-26)12-5-9-23-25(30)19(16-31)28(32)41-23/h10,14-15,17,22H,4-9,11-13,32H2,1-3H3/t17-,22-,30-/m0/s1. The van der Waals surface area contributed by atoms with Crippen LogP contribution in [0.5, 0.6) is 5.88 Å². The summed E-state index contributed by atoms with van der Waals surface area (Å²) in [7, 11) is 4.03. The van der Waals surface area contributed by atoms with Gasteiger partial charge in [-0.1, -0.05) is 5.16 Å². The van der Waals surface area contributed by atoms with E-state index in [0.29, 0.717) is 39.8 Å². The molecule has 1 aliphatic heterocycles. The van der Waals surface area contributed by atoms with Gasteiger partial charge in [0.05, 0.1) is 17.0 Å². The molecule has 41 heavy (non-hydrogen) atoms. The molecular formula is C30H34N8O2S. The zero-order chi connectivity index (χ0) is 28.3. The topological polar surface area (TPSA) is 132 Å². The van der Waals surface area contributed by atoms with Crippen molar-refractivity contribution in [3.05, 3.63) is 45.6 Å². The van der Waals surface area contributed by atoms with Gasteiger partial charge in [0.25, 0.3) is 0 Å². The number of hydrogen-bond acceptors (Lipinski definition) is 10. The van der Waals surface area contributed by atoms with E-state index in [4.69, 9.17) is 30.1 Å². The van der Waals surface area contributed by atoms with E-state index in [1.54, 1.807) is 16.0 Å². The maximum atomic E-state index is 10.0. The van der Waals surface area contributed by atoms with Crippen LogP contribution in [0.2, 0.25) is 0 Å². The van der Waals surface area contributed by atoms with E-state index < -0.39 is 0 Å². The first-order valence-corrected chi connectivity index (χ1v) is 15.3. The van der Waals surface area contributed by atoms with Crippen molar-refractivity contribution in [2.75, 3.05) is 19.3 Å². The second-order valence-corrected chi connectivity index (χ2v) is 12.8. The molecule has 0 unspecified atom stereocenters. The first kappa shape index (κ1) is 26.2. The second kappa shape index (κ2) is 9.96. The lowest BCUT2D eigenvalue weighted by atomic mass is 9.62. The number of hydrogen-bond donors (Lipinski definition) is 1. The molecule has 0 amide bonds. The van der Waals surface area contributed by atoms with E-state index in [1.165, 1.54) is 11.3 Å². The molecule has 7 rings (SSSR count). The number of nitrogen functional groups attached to an aromatic ring is 1. The van der Waals surface area contributed by atoms with E-state index in [2.05, 4.69) is 30.0 Å². The summed E-state index contributed by atoms with van der Waals surface area (Å²) < 4.78 is 14.4. The molecule has 4 aromatic heterocycles. The van der Waals surface area contributed by atoms with Crippen LogP contribution >= 0.6 is 11.3 Å². The number of ether oxygens (including phenoxy) is 1. The molecular weight excluding hydrogens is 536 g/mol. The van der Waals surface area contributed by atoms with E-state index in [1.807, 2.05) is 25.4 Å². The summed E-state index contributed by atoms with van der Waals surface area (Å²) in [4.78, 5) is 13.4. The summed E-state index contributed by atoms with van der Waals surface area (Å²) in [5.41, 5.74) is 11.0. The van der Waals surface area contributed by atoms with Crippen LogP contribution in [0.3, 0.4) is 0 Å². The van der Waals surface area contributed by atoms with Crippen LogP contribution < -0.4 is 10.5 Å². The molecule has 1 spiro atoms. The summed E-state index contributed by atoms with van der Waals surface area (Å²) in [6.45, 7) is 3.18. The molecule has 0 aromatic carbocycles. The van der Waals surface area contributed by atoms with Gasteiger partial charge in [-0.05, 0) is 83.5 Å². The smallest absolute Gasteiger partial charge is 0.217 e. The number of anilines is 1. The Morgan fingerprint density at radius 1 is 1.20 bits per heavy atom. The average molecular weight is 571 g/mol. The van der Waals surface area contributed by atoms with Crippen LogP contribution in [0.15, 0.2) is 22.9 Å². The van der Waals surface area contributed by atoms with Gasteiger partial charge in [0.2, 0.25) is 17.5 Å². The largest absolute Gasteiger partial charge is 0.473 e. The molecule has 10 nitrogen and oxygen atoms in total. The Morgan fingerprint density at radius 3 is 2.76 bits per heavy atom. The molecule has 5 heterocycles. The van der Waals surface area contributed by atoms with E-state index in [0.717, 1.165) is 74.0 Å². The highest BCUT2D eigenvalue weighted by molar-refractivity contribution is 7.16. The van der Waals surface area contributed by atoms with Crippen LogP contribution in [0.1, 0.15) is 72.7 Å². The second-order valence-electron chi connectivity index (χ2n) is 11.7. The van der Waals surface area contributed by atoms with Gasteiger partial charge in [-0.25, -0.2) is 4.98 Å². The zero-order valence-electron chi connectivity index (χ0n) is 23.7. The highest BCUT2D eigenvalue weighted by Crippen LogP contribution is 2.54. The lowest BCUT2D eigenvalue weighted by Gasteiger charge is -2.39. The van der Waals surface area contributed by atoms with Crippen molar-refractivity contribution in [1.29, 1.82) is 5.26 Å². The van der Waals surface area contributed by atoms with Crippen LogP contribution in [-0.2, 0) is 25.3 Å². The number of thiophene rings is 1. The van der Waals surface area contributed by atoms with Gasteiger partial charge in [0, 0.05) is 41.2 Å². The number of nitrogens with two attached hydrogens (primary N) is 1. The molecule has 0 bridgehead atoms. The van der Waals surface area contributed by atoms with Gasteiger partial charge < -0.3 is 15.0 Å². The fourth-order valence-corrected chi connectivity index (χ4v) is 8.46. The Kier molecular flexibility index (Phi) is 6.36. The van der Waals surface area contributed by atoms with Crippen molar-refractivity contribution >= 4 is 16.3 Å². The Hall–Kier alpha value is -3.75. The van der Waals surface area contributed by atoms with E-state index in [9.17, 15) is 5.26 Å². The van der Waals surface area contributed by atoms with Crippen LogP contribution in [-0.4, -0.2) is 55.5 Å². The molecule has 3 aliphatic rings. The number of nitriles is 1. The Morgan fingerprint density at radius 2 is 2.02 bits per heavy atom. The highest BCUT2D eigenvalue weighted by atomic mass is 32.1. The number of nitrogens with zero attached hydrogens (tertiary/aromatic N) is 7. The average Bonchev–Trinajstić information content (AvgIpc) is 3.75. The number of likely N-dealkylation sites (N-methyl/N-ethyl adjacent to an activating group) is 1. The molecule has 2 N–H and O–H groups in total. The molecule has 0 radical (unpaired) electrons. The monoisotopic (exact) mass is 570 g/mol. The van der Waals surface area contributed by atoms with Gasteiger partial charge in [-0.3, -0.25) is 9.58 Å². The van der Waals surface area contributed by atoms with Gasteiger partial charge in [0.1, 0.15) is 22.9 Å². The fourth-order valence-electron chi connectivity index (χ4n) is 7.30. The van der Waals surface area contributed by atoms with Crippen LogP contribution in [0.25, 0.3) is 23.0 Å². The quantitative estimate of drug-likeness (QED) is 0.357. The molecule has 212 valence electrons. The summed E-state index contributed by atoms with van der Waals surface area (Å²) in [5.74, 6) is 1.51. The normalized spacial score (nSPS) is 22.8. The minimum atomic E-state index is -0.373. The van der Waals surface area contributed by atoms with Gasteiger partial charge in [-0.2, -0.15) is 15.3 Å². The fraction of sp³-hybridized carbons (Fsp3) is 0.500. The first-order valence-electron chi connectivity index (χ1n) is 14.4. The first-order chi connectivity index (χ1) is 19.9. The van der Waals surface area contributed by atoms with E-state index >= 15 is 0 Å². The van der Waals surface area contributed by atoms with Gasteiger partial charge in [-0.15, -0.1) is 11.3 Å². The third-order valence-corrected chi connectivity index (χ3v) is 10.3. The van der Waals surface area contributed by atoms with Crippen molar-refractivity contribution in [2.24, 2.45) is 7.05 Å². The number of fused-ring (bicyclic) bond motifs is 4. The van der Waals surface area contributed by atoms with Crippen molar-refractivity contribution in [1.82, 2.24) is 29.8 Å². The maximum Gasteiger partial charge on any atom is 0.217 e. The molecule has 1 saturated heterocycles. The molecule has 0 saturated carbocycles. The Balaban J connectivity index is 1.33. The van der Waals surface area contributed by atoms with E-state index in [-0.39, 0.29) is 11.5 Å². The summed E-state index contributed by atoms with van der Waals surface area (Å²) in [6, 6.07) is 6.52. The molecule has 3 atom stereocenters. The lowest BCUT2D eigenvalue weighted by molar-refractivity contribution is 0.117. The number of aryl methyl sites for hydroxylation is 2. The lowest BCUT2D eigenvalue weighted by Crippen LogP contribution is -2.38. The van der Waals surface area contributed by atoms with Crippen molar-refractivity contribution < 1.29 is 9.26 Å². The maximum absolute atomic E-state index is 10.0.